The highest BCUT2D eigenvalue weighted by Gasteiger charge is 2.10. The molecule has 150 valence electrons. The van der Waals surface area contributed by atoms with E-state index in [4.69, 9.17) is 14.2 Å². The third-order valence-corrected chi connectivity index (χ3v) is 4.19. The Labute approximate surface area is 168 Å². The molecule has 1 aromatic heterocycles. The molecule has 3 aromatic rings. The van der Waals surface area contributed by atoms with E-state index in [0.29, 0.717) is 29.6 Å². The topological polar surface area (TPSA) is 94.6 Å². The molecule has 1 amide bonds. The Morgan fingerprint density at radius 2 is 1.59 bits per heavy atom. The van der Waals surface area contributed by atoms with Crippen LogP contribution in [-0.2, 0) is 6.54 Å². The third kappa shape index (κ3) is 4.92. The Morgan fingerprint density at radius 3 is 2.28 bits per heavy atom. The van der Waals surface area contributed by atoms with Crippen LogP contribution in [0.2, 0.25) is 0 Å². The summed E-state index contributed by atoms with van der Waals surface area (Å²) >= 11 is 0. The second kappa shape index (κ2) is 9.41. The summed E-state index contributed by atoms with van der Waals surface area (Å²) in [6, 6.07) is 12.9. The van der Waals surface area contributed by atoms with Crippen LogP contribution >= 0.6 is 0 Å². The molecule has 0 saturated carbocycles. The van der Waals surface area contributed by atoms with Crippen molar-refractivity contribution in [2.24, 2.45) is 0 Å². The molecule has 0 radical (unpaired) electrons. The minimum absolute atomic E-state index is 0.270. The summed E-state index contributed by atoms with van der Waals surface area (Å²) in [6.07, 6.45) is 2.93. The van der Waals surface area contributed by atoms with E-state index in [1.165, 1.54) is 12.4 Å². The highest BCUT2D eigenvalue weighted by molar-refractivity contribution is 5.93. The van der Waals surface area contributed by atoms with Crippen LogP contribution in [0.5, 0.6) is 17.2 Å². The molecule has 8 nitrogen and oxygen atoms in total. The third-order valence-electron chi connectivity index (χ3n) is 4.19. The molecule has 0 spiro atoms. The van der Waals surface area contributed by atoms with Gasteiger partial charge in [0, 0.05) is 36.3 Å². The standard InChI is InChI=1S/C21H22N4O4/c1-27-17-7-5-4-6-14(17)11-22-20(26)15-12-23-21(24-13-15)25-16-8-9-18(28-2)19(10-16)29-3/h4-10,12-13H,11H2,1-3H3,(H,22,26)(H,23,24,25). The van der Waals surface area contributed by atoms with Crippen LogP contribution in [0.15, 0.2) is 54.9 Å². The van der Waals surface area contributed by atoms with E-state index < -0.39 is 0 Å². The molecule has 0 fully saturated rings. The fraction of sp³-hybridized carbons (Fsp3) is 0.190. The van der Waals surface area contributed by atoms with Crippen LogP contribution in [0, 0.1) is 0 Å². The molecular weight excluding hydrogens is 372 g/mol. The number of ether oxygens (including phenoxy) is 3. The van der Waals surface area contributed by atoms with Gasteiger partial charge in [-0.05, 0) is 18.2 Å². The predicted octanol–water partition coefficient (Wildman–Crippen LogP) is 3.18. The van der Waals surface area contributed by atoms with Crippen molar-refractivity contribution in [3.63, 3.8) is 0 Å². The average molecular weight is 394 g/mol. The Morgan fingerprint density at radius 1 is 0.897 bits per heavy atom. The molecule has 3 rings (SSSR count). The molecule has 0 bridgehead atoms. The first-order valence-corrected chi connectivity index (χ1v) is 8.85. The Hall–Kier alpha value is -3.81. The number of carbonyl (C=O) groups excluding carboxylic acids is 1. The van der Waals surface area contributed by atoms with Gasteiger partial charge in [-0.3, -0.25) is 4.79 Å². The lowest BCUT2D eigenvalue weighted by atomic mass is 10.2. The van der Waals surface area contributed by atoms with Crippen LogP contribution in [0.3, 0.4) is 0 Å². The van der Waals surface area contributed by atoms with Crippen molar-refractivity contribution in [1.82, 2.24) is 15.3 Å². The number of nitrogens with one attached hydrogen (secondary N) is 2. The molecule has 2 N–H and O–H groups in total. The Kier molecular flexibility index (Phi) is 6.47. The van der Waals surface area contributed by atoms with Crippen molar-refractivity contribution in [3.05, 3.63) is 66.0 Å². The van der Waals surface area contributed by atoms with E-state index in [0.717, 1.165) is 17.0 Å². The fourth-order valence-corrected chi connectivity index (χ4v) is 2.68. The largest absolute Gasteiger partial charge is 0.496 e. The highest BCUT2D eigenvalue weighted by atomic mass is 16.5. The maximum atomic E-state index is 12.4. The number of amides is 1. The Bertz CT molecular complexity index is 977. The molecule has 0 aliphatic heterocycles. The van der Waals surface area contributed by atoms with E-state index in [2.05, 4.69) is 20.6 Å². The van der Waals surface area contributed by atoms with Crippen LogP contribution in [0.1, 0.15) is 15.9 Å². The van der Waals surface area contributed by atoms with Gasteiger partial charge in [0.2, 0.25) is 5.95 Å². The molecule has 0 saturated heterocycles. The van der Waals surface area contributed by atoms with Gasteiger partial charge in [0.25, 0.3) is 5.91 Å². The van der Waals surface area contributed by atoms with Gasteiger partial charge in [0.15, 0.2) is 11.5 Å². The first kappa shape index (κ1) is 19.9. The number of methoxy groups -OCH3 is 3. The number of carbonyl (C=O) groups is 1. The summed E-state index contributed by atoms with van der Waals surface area (Å²) in [5.74, 6) is 2.02. The maximum Gasteiger partial charge on any atom is 0.254 e. The lowest BCUT2D eigenvalue weighted by Gasteiger charge is -2.11. The van der Waals surface area contributed by atoms with Gasteiger partial charge in [-0.1, -0.05) is 18.2 Å². The number of hydrogen-bond acceptors (Lipinski definition) is 7. The second-order valence-electron chi connectivity index (χ2n) is 5.98. The van der Waals surface area contributed by atoms with E-state index in [-0.39, 0.29) is 5.91 Å². The zero-order valence-corrected chi connectivity index (χ0v) is 16.4. The minimum atomic E-state index is -0.270. The van der Waals surface area contributed by atoms with Crippen molar-refractivity contribution in [1.29, 1.82) is 0 Å². The first-order valence-electron chi connectivity index (χ1n) is 8.85. The van der Waals surface area contributed by atoms with Gasteiger partial charge in [0.1, 0.15) is 5.75 Å². The zero-order chi connectivity index (χ0) is 20.6. The van der Waals surface area contributed by atoms with E-state index in [1.54, 1.807) is 33.5 Å². The zero-order valence-electron chi connectivity index (χ0n) is 16.4. The van der Waals surface area contributed by atoms with E-state index >= 15 is 0 Å². The Balaban J connectivity index is 1.63. The minimum Gasteiger partial charge on any atom is -0.496 e. The number of anilines is 2. The number of benzene rings is 2. The van der Waals surface area contributed by atoms with Crippen molar-refractivity contribution in [2.75, 3.05) is 26.6 Å². The SMILES string of the molecule is COc1ccccc1CNC(=O)c1cnc(Nc2ccc(OC)c(OC)c2)nc1. The second-order valence-corrected chi connectivity index (χ2v) is 5.98. The molecular formula is C21H22N4O4. The predicted molar refractivity (Wildman–Crippen MR) is 109 cm³/mol. The number of hydrogen-bond donors (Lipinski definition) is 2. The van der Waals surface area contributed by atoms with Crippen LogP contribution in [0.25, 0.3) is 0 Å². The van der Waals surface area contributed by atoms with Crippen LogP contribution in [-0.4, -0.2) is 37.2 Å². The summed E-state index contributed by atoms with van der Waals surface area (Å²) in [6.45, 7) is 0.342. The normalized spacial score (nSPS) is 10.2. The smallest absolute Gasteiger partial charge is 0.254 e. The average Bonchev–Trinajstić information content (AvgIpc) is 2.78. The van der Waals surface area contributed by atoms with Crippen molar-refractivity contribution >= 4 is 17.5 Å². The summed E-state index contributed by atoms with van der Waals surface area (Å²) in [7, 11) is 4.74. The monoisotopic (exact) mass is 394 g/mol. The fourth-order valence-electron chi connectivity index (χ4n) is 2.68. The van der Waals surface area contributed by atoms with Crippen molar-refractivity contribution in [2.45, 2.75) is 6.54 Å². The molecule has 2 aromatic carbocycles. The number of aromatic nitrogens is 2. The van der Waals surface area contributed by atoms with Gasteiger partial charge in [-0.2, -0.15) is 0 Å². The van der Waals surface area contributed by atoms with Crippen LogP contribution < -0.4 is 24.8 Å². The molecule has 0 atom stereocenters. The highest BCUT2D eigenvalue weighted by Crippen LogP contribution is 2.30. The van der Waals surface area contributed by atoms with Gasteiger partial charge >= 0.3 is 0 Å². The lowest BCUT2D eigenvalue weighted by Crippen LogP contribution is -2.23. The number of rotatable bonds is 8. The number of nitrogens with zero attached hydrogens (tertiary/aromatic N) is 2. The molecule has 0 unspecified atom stereocenters. The number of para-hydroxylation sites is 1. The summed E-state index contributed by atoms with van der Waals surface area (Å²) in [5.41, 5.74) is 1.98. The maximum absolute atomic E-state index is 12.4. The van der Waals surface area contributed by atoms with Gasteiger partial charge < -0.3 is 24.8 Å². The van der Waals surface area contributed by atoms with Gasteiger partial charge in [0.05, 0.1) is 26.9 Å². The van der Waals surface area contributed by atoms with Gasteiger partial charge in [-0.25, -0.2) is 9.97 Å². The summed E-state index contributed by atoms with van der Waals surface area (Å²) < 4.78 is 15.8. The van der Waals surface area contributed by atoms with E-state index in [9.17, 15) is 4.79 Å². The summed E-state index contributed by atoms with van der Waals surface area (Å²) in [5, 5.41) is 5.90. The van der Waals surface area contributed by atoms with Crippen LogP contribution in [0.4, 0.5) is 11.6 Å². The molecule has 0 aliphatic rings. The lowest BCUT2D eigenvalue weighted by molar-refractivity contribution is 0.0950. The van der Waals surface area contributed by atoms with Crippen molar-refractivity contribution < 1.29 is 19.0 Å². The van der Waals surface area contributed by atoms with Crippen molar-refractivity contribution in [3.8, 4) is 17.2 Å². The first-order chi connectivity index (χ1) is 14.1. The molecule has 0 aliphatic carbocycles. The molecule has 29 heavy (non-hydrogen) atoms. The van der Waals surface area contributed by atoms with Gasteiger partial charge in [-0.15, -0.1) is 0 Å². The molecule has 8 heteroatoms. The van der Waals surface area contributed by atoms with E-state index in [1.807, 2.05) is 30.3 Å². The summed E-state index contributed by atoms with van der Waals surface area (Å²) in [4.78, 5) is 20.8. The quantitative estimate of drug-likeness (QED) is 0.606. The molecule has 1 heterocycles.